The van der Waals surface area contributed by atoms with Gasteiger partial charge >= 0.3 is 6.03 Å². The topological polar surface area (TPSA) is 59.6 Å². The summed E-state index contributed by atoms with van der Waals surface area (Å²) >= 11 is 0. The smallest absolute Gasteiger partial charge is 0.319 e. The van der Waals surface area contributed by atoms with Gasteiger partial charge in [-0.15, -0.1) is 0 Å². The van der Waals surface area contributed by atoms with Crippen LogP contribution in [0.2, 0.25) is 0 Å². The van der Waals surface area contributed by atoms with Crippen LogP contribution in [-0.2, 0) is 0 Å². The normalized spacial score (nSPS) is 11.8. The first-order valence-corrected chi connectivity index (χ1v) is 8.76. The van der Waals surface area contributed by atoms with E-state index in [1.807, 2.05) is 50.2 Å². The fraction of sp³-hybridized carbons (Fsp3) is 0.381. The van der Waals surface area contributed by atoms with Gasteiger partial charge in [-0.2, -0.15) is 0 Å². The van der Waals surface area contributed by atoms with Gasteiger partial charge in [0.15, 0.2) is 0 Å². The van der Waals surface area contributed by atoms with Gasteiger partial charge in [-0.05, 0) is 49.1 Å². The number of nitrogens with one attached hydrogen (secondary N) is 2. The molecule has 2 amide bonds. The van der Waals surface area contributed by atoms with Gasteiger partial charge in [-0.1, -0.05) is 32.0 Å². The number of anilines is 1. The second-order valence-corrected chi connectivity index (χ2v) is 6.62. The molecule has 0 aliphatic carbocycles. The fourth-order valence-electron chi connectivity index (χ4n) is 2.94. The van der Waals surface area contributed by atoms with Gasteiger partial charge in [0, 0.05) is 11.3 Å². The first kappa shape index (κ1) is 19.6. The Bertz CT molecular complexity index is 772. The number of benzene rings is 2. The van der Waals surface area contributed by atoms with Crippen molar-refractivity contribution in [3.63, 3.8) is 0 Å². The van der Waals surface area contributed by atoms with Crippen LogP contribution in [0.1, 0.15) is 49.4 Å². The third-order valence-electron chi connectivity index (χ3n) is 4.42. The first-order chi connectivity index (χ1) is 12.4. The van der Waals surface area contributed by atoms with Crippen LogP contribution in [0.4, 0.5) is 10.5 Å². The van der Waals surface area contributed by atoms with Gasteiger partial charge in [-0.25, -0.2) is 4.79 Å². The maximum Gasteiger partial charge on any atom is 0.319 e. The fourth-order valence-corrected chi connectivity index (χ4v) is 2.94. The highest BCUT2D eigenvalue weighted by Gasteiger charge is 2.17. The monoisotopic (exact) mass is 356 g/mol. The van der Waals surface area contributed by atoms with Crippen LogP contribution in [0.15, 0.2) is 36.4 Å². The van der Waals surface area contributed by atoms with E-state index in [1.165, 1.54) is 0 Å². The first-order valence-electron chi connectivity index (χ1n) is 8.76. The number of hydrogen-bond acceptors (Lipinski definition) is 3. The summed E-state index contributed by atoms with van der Waals surface area (Å²) < 4.78 is 10.7. The van der Waals surface area contributed by atoms with E-state index in [9.17, 15) is 4.79 Å². The van der Waals surface area contributed by atoms with Crippen molar-refractivity contribution >= 4 is 11.7 Å². The van der Waals surface area contributed by atoms with Crippen molar-refractivity contribution in [3.05, 3.63) is 53.1 Å². The standard InChI is InChI=1S/C21H28N2O3/c1-13(2)17-9-7-8-14(3)20(17)23-21(24)22-15(4)18-12-16(25-5)10-11-19(18)26-6/h7-13,15H,1-6H3,(H2,22,23,24). The van der Waals surface area contributed by atoms with Crippen LogP contribution in [0.25, 0.3) is 0 Å². The summed E-state index contributed by atoms with van der Waals surface area (Å²) in [5.41, 5.74) is 3.88. The van der Waals surface area contributed by atoms with Crippen molar-refractivity contribution in [2.24, 2.45) is 0 Å². The summed E-state index contributed by atoms with van der Waals surface area (Å²) in [6.07, 6.45) is 0. The van der Waals surface area contributed by atoms with Crippen LogP contribution < -0.4 is 20.1 Å². The number of rotatable bonds is 6. The zero-order valence-electron chi connectivity index (χ0n) is 16.3. The van der Waals surface area contributed by atoms with Crippen molar-refractivity contribution in [1.82, 2.24) is 5.32 Å². The van der Waals surface area contributed by atoms with E-state index >= 15 is 0 Å². The molecule has 2 N–H and O–H groups in total. The minimum absolute atomic E-state index is 0.244. The van der Waals surface area contributed by atoms with E-state index in [0.29, 0.717) is 11.7 Å². The molecule has 0 aromatic heterocycles. The number of urea groups is 1. The zero-order valence-corrected chi connectivity index (χ0v) is 16.3. The Hall–Kier alpha value is -2.69. The third kappa shape index (κ3) is 4.48. The molecule has 2 rings (SSSR count). The summed E-state index contributed by atoms with van der Waals surface area (Å²) in [6.45, 7) is 8.14. The lowest BCUT2D eigenvalue weighted by atomic mass is 9.98. The summed E-state index contributed by atoms with van der Waals surface area (Å²) in [6, 6.07) is 11.1. The molecule has 2 aromatic rings. The Labute approximate surface area is 155 Å². The second kappa shape index (κ2) is 8.61. The molecule has 0 saturated heterocycles. The molecule has 140 valence electrons. The highest BCUT2D eigenvalue weighted by atomic mass is 16.5. The Morgan fingerprint density at radius 1 is 1.00 bits per heavy atom. The second-order valence-electron chi connectivity index (χ2n) is 6.62. The van der Waals surface area contributed by atoms with E-state index in [2.05, 4.69) is 24.5 Å². The number of amides is 2. The zero-order chi connectivity index (χ0) is 19.3. The van der Waals surface area contributed by atoms with E-state index < -0.39 is 0 Å². The summed E-state index contributed by atoms with van der Waals surface area (Å²) in [5, 5.41) is 5.98. The van der Waals surface area contributed by atoms with Gasteiger partial charge in [0.25, 0.3) is 0 Å². The lowest BCUT2D eigenvalue weighted by molar-refractivity contribution is 0.249. The molecule has 0 spiro atoms. The van der Waals surface area contributed by atoms with E-state index in [-0.39, 0.29) is 12.1 Å². The van der Waals surface area contributed by atoms with Crippen molar-refractivity contribution in [3.8, 4) is 11.5 Å². The van der Waals surface area contributed by atoms with Gasteiger partial charge in [0.2, 0.25) is 0 Å². The van der Waals surface area contributed by atoms with E-state index in [0.717, 1.165) is 28.1 Å². The van der Waals surface area contributed by atoms with E-state index in [1.54, 1.807) is 14.2 Å². The average Bonchev–Trinajstić information content (AvgIpc) is 2.62. The van der Waals surface area contributed by atoms with Crippen LogP contribution in [0.3, 0.4) is 0 Å². The molecule has 5 nitrogen and oxygen atoms in total. The lowest BCUT2D eigenvalue weighted by Gasteiger charge is -2.21. The molecule has 2 aromatic carbocycles. The number of methoxy groups -OCH3 is 2. The molecule has 0 bridgehead atoms. The molecular weight excluding hydrogens is 328 g/mol. The third-order valence-corrected chi connectivity index (χ3v) is 4.42. The molecular formula is C21H28N2O3. The number of para-hydroxylation sites is 1. The molecule has 0 fully saturated rings. The number of carbonyl (C=O) groups excluding carboxylic acids is 1. The predicted octanol–water partition coefficient (Wildman–Crippen LogP) is 5.02. The molecule has 0 aliphatic heterocycles. The number of carbonyl (C=O) groups is 1. The SMILES string of the molecule is COc1ccc(OC)c(C(C)NC(=O)Nc2c(C)cccc2C(C)C)c1. The largest absolute Gasteiger partial charge is 0.497 e. The van der Waals surface area contributed by atoms with Crippen molar-refractivity contribution in [1.29, 1.82) is 0 Å². The molecule has 1 unspecified atom stereocenters. The van der Waals surface area contributed by atoms with Gasteiger partial charge in [0.05, 0.1) is 20.3 Å². The quantitative estimate of drug-likeness (QED) is 0.764. The van der Waals surface area contributed by atoms with Crippen molar-refractivity contribution in [2.45, 2.75) is 39.7 Å². The molecule has 5 heteroatoms. The summed E-state index contributed by atoms with van der Waals surface area (Å²) in [4.78, 5) is 12.6. The van der Waals surface area contributed by atoms with Crippen LogP contribution in [-0.4, -0.2) is 20.3 Å². The van der Waals surface area contributed by atoms with Crippen molar-refractivity contribution in [2.75, 3.05) is 19.5 Å². The van der Waals surface area contributed by atoms with Gasteiger partial charge in [0.1, 0.15) is 11.5 Å². The number of ether oxygens (including phenoxy) is 2. The number of hydrogen-bond donors (Lipinski definition) is 2. The van der Waals surface area contributed by atoms with Crippen LogP contribution in [0, 0.1) is 6.92 Å². The Morgan fingerprint density at radius 3 is 2.35 bits per heavy atom. The molecule has 1 atom stereocenters. The van der Waals surface area contributed by atoms with Gasteiger partial charge < -0.3 is 20.1 Å². The van der Waals surface area contributed by atoms with E-state index in [4.69, 9.17) is 9.47 Å². The molecule has 0 aliphatic rings. The van der Waals surface area contributed by atoms with Crippen molar-refractivity contribution < 1.29 is 14.3 Å². The Balaban J connectivity index is 2.19. The lowest BCUT2D eigenvalue weighted by Crippen LogP contribution is -2.32. The molecule has 0 saturated carbocycles. The summed E-state index contributed by atoms with van der Waals surface area (Å²) in [5.74, 6) is 1.74. The van der Waals surface area contributed by atoms with Gasteiger partial charge in [-0.3, -0.25) is 0 Å². The average molecular weight is 356 g/mol. The molecule has 0 heterocycles. The molecule has 26 heavy (non-hydrogen) atoms. The predicted molar refractivity (Wildman–Crippen MR) is 105 cm³/mol. The Kier molecular flexibility index (Phi) is 6.50. The summed E-state index contributed by atoms with van der Waals surface area (Å²) in [7, 11) is 3.22. The Morgan fingerprint density at radius 2 is 1.73 bits per heavy atom. The highest BCUT2D eigenvalue weighted by Crippen LogP contribution is 2.30. The minimum atomic E-state index is -0.251. The number of aryl methyl sites for hydroxylation is 1. The maximum absolute atomic E-state index is 12.6. The van der Waals surface area contributed by atoms with Crippen LogP contribution in [0.5, 0.6) is 11.5 Å². The highest BCUT2D eigenvalue weighted by molar-refractivity contribution is 5.91. The minimum Gasteiger partial charge on any atom is -0.497 e. The van der Waals surface area contributed by atoms with Crippen LogP contribution >= 0.6 is 0 Å². The maximum atomic E-state index is 12.6. The molecule has 0 radical (unpaired) electrons.